The molecule has 1 N–H and O–H groups in total. The van der Waals surface area contributed by atoms with Crippen LogP contribution in [-0.2, 0) is 4.79 Å². The molecular weight excluding hydrogens is 366 g/mol. The summed E-state index contributed by atoms with van der Waals surface area (Å²) in [5.74, 6) is 1.94. The largest absolute Gasteiger partial charge is 0.497 e. The topological polar surface area (TPSA) is 56.8 Å². The molecule has 1 amide bonds. The van der Waals surface area contributed by atoms with Crippen LogP contribution in [0.5, 0.6) is 17.2 Å². The molecule has 6 heteroatoms. The van der Waals surface area contributed by atoms with Gasteiger partial charge in [0.1, 0.15) is 23.9 Å². The van der Waals surface area contributed by atoms with Gasteiger partial charge in [-0.05, 0) is 68.3 Å². The normalized spacial score (nSPS) is 12.8. The molecule has 0 unspecified atom stereocenters. The summed E-state index contributed by atoms with van der Waals surface area (Å²) in [5.41, 5.74) is 0.908. The van der Waals surface area contributed by atoms with Crippen molar-refractivity contribution in [1.82, 2.24) is 5.32 Å². The minimum Gasteiger partial charge on any atom is -0.497 e. The van der Waals surface area contributed by atoms with Crippen LogP contribution in [0.3, 0.4) is 0 Å². The number of rotatable bonds is 9. The smallest absolute Gasteiger partial charge is 0.261 e. The molecule has 2 aromatic carbocycles. The van der Waals surface area contributed by atoms with Gasteiger partial charge >= 0.3 is 0 Å². The molecule has 2 aromatic rings. The van der Waals surface area contributed by atoms with Gasteiger partial charge in [0.15, 0.2) is 6.10 Å². The molecule has 27 heavy (non-hydrogen) atoms. The maximum Gasteiger partial charge on any atom is 0.261 e. The third-order valence-electron chi connectivity index (χ3n) is 4.02. The van der Waals surface area contributed by atoms with E-state index in [4.69, 9.17) is 25.8 Å². The number of aryl methyl sites for hydroxylation is 1. The Balaban J connectivity index is 1.85. The molecule has 0 spiro atoms. The van der Waals surface area contributed by atoms with Crippen LogP contribution in [-0.4, -0.2) is 31.8 Å². The number of ether oxygens (including phenoxy) is 3. The van der Waals surface area contributed by atoms with Crippen molar-refractivity contribution in [2.24, 2.45) is 0 Å². The SMILES string of the molecule is CC[C@H](Oc1ccc(Cl)c(C)c1)C(=O)N[C@@H](C)COc1ccc(OC)cc1. The third kappa shape index (κ3) is 6.36. The zero-order valence-corrected chi connectivity index (χ0v) is 16.9. The predicted octanol–water partition coefficient (Wildman–Crippen LogP) is 4.40. The molecule has 0 radical (unpaired) electrons. The number of carbonyl (C=O) groups excluding carboxylic acids is 1. The molecule has 0 aliphatic rings. The summed E-state index contributed by atoms with van der Waals surface area (Å²) < 4.78 is 16.6. The highest BCUT2D eigenvalue weighted by molar-refractivity contribution is 6.31. The molecule has 0 aliphatic heterocycles. The Morgan fingerprint density at radius 2 is 1.74 bits per heavy atom. The molecule has 146 valence electrons. The Morgan fingerprint density at radius 1 is 1.11 bits per heavy atom. The Labute approximate surface area is 165 Å². The van der Waals surface area contributed by atoms with Crippen molar-refractivity contribution >= 4 is 17.5 Å². The van der Waals surface area contributed by atoms with Gasteiger partial charge in [-0.3, -0.25) is 4.79 Å². The number of hydrogen-bond acceptors (Lipinski definition) is 4. The van der Waals surface area contributed by atoms with Crippen molar-refractivity contribution < 1.29 is 19.0 Å². The average Bonchev–Trinajstić information content (AvgIpc) is 2.67. The van der Waals surface area contributed by atoms with E-state index in [0.717, 1.165) is 17.1 Å². The van der Waals surface area contributed by atoms with Gasteiger partial charge in [0, 0.05) is 5.02 Å². The monoisotopic (exact) mass is 391 g/mol. The maximum absolute atomic E-state index is 12.5. The van der Waals surface area contributed by atoms with Crippen LogP contribution >= 0.6 is 11.6 Å². The van der Waals surface area contributed by atoms with Gasteiger partial charge in [0.2, 0.25) is 0 Å². The highest BCUT2D eigenvalue weighted by atomic mass is 35.5. The van der Waals surface area contributed by atoms with Crippen LogP contribution < -0.4 is 19.5 Å². The molecule has 0 bridgehead atoms. The van der Waals surface area contributed by atoms with Gasteiger partial charge in [0.05, 0.1) is 13.2 Å². The molecule has 0 aliphatic carbocycles. The second-order valence-electron chi connectivity index (χ2n) is 6.32. The minimum absolute atomic E-state index is 0.163. The van der Waals surface area contributed by atoms with E-state index in [1.807, 2.05) is 51.1 Å². The van der Waals surface area contributed by atoms with Crippen molar-refractivity contribution in [2.75, 3.05) is 13.7 Å². The first-order chi connectivity index (χ1) is 12.9. The maximum atomic E-state index is 12.5. The molecule has 0 fully saturated rings. The molecule has 0 heterocycles. The highest BCUT2D eigenvalue weighted by Gasteiger charge is 2.20. The Hall–Kier alpha value is -2.40. The van der Waals surface area contributed by atoms with Gasteiger partial charge in [-0.25, -0.2) is 0 Å². The number of carbonyl (C=O) groups is 1. The van der Waals surface area contributed by atoms with Gasteiger partial charge in [-0.1, -0.05) is 18.5 Å². The summed E-state index contributed by atoms with van der Waals surface area (Å²) in [4.78, 5) is 12.5. The van der Waals surface area contributed by atoms with E-state index < -0.39 is 6.10 Å². The number of benzene rings is 2. The Bertz CT molecular complexity index is 748. The standard InChI is InChI=1S/C21H26ClNO4/c1-5-20(27-18-10-11-19(22)14(2)12-18)21(24)23-15(3)13-26-17-8-6-16(25-4)7-9-17/h6-12,15,20H,5,13H2,1-4H3,(H,23,24)/t15-,20-/m0/s1. The minimum atomic E-state index is -0.575. The van der Waals surface area contributed by atoms with E-state index in [0.29, 0.717) is 23.8 Å². The second kappa shape index (κ2) is 10.1. The molecular formula is C21H26ClNO4. The van der Waals surface area contributed by atoms with Crippen LogP contribution in [0.15, 0.2) is 42.5 Å². The molecule has 0 aromatic heterocycles. The average molecular weight is 392 g/mol. The highest BCUT2D eigenvalue weighted by Crippen LogP contribution is 2.22. The first-order valence-electron chi connectivity index (χ1n) is 8.93. The van der Waals surface area contributed by atoms with E-state index in [1.54, 1.807) is 19.2 Å². The first-order valence-corrected chi connectivity index (χ1v) is 9.30. The fourth-order valence-corrected chi connectivity index (χ4v) is 2.57. The summed E-state index contributed by atoms with van der Waals surface area (Å²) in [6.45, 7) is 6.05. The van der Waals surface area contributed by atoms with Crippen LogP contribution in [0.25, 0.3) is 0 Å². The lowest BCUT2D eigenvalue weighted by Crippen LogP contribution is -2.44. The van der Waals surface area contributed by atoms with Gasteiger partial charge in [0.25, 0.3) is 5.91 Å². The summed E-state index contributed by atoms with van der Waals surface area (Å²) in [7, 11) is 1.62. The van der Waals surface area contributed by atoms with Crippen LogP contribution in [0, 0.1) is 6.92 Å². The summed E-state index contributed by atoms with van der Waals surface area (Å²) >= 11 is 6.03. The third-order valence-corrected chi connectivity index (χ3v) is 4.44. The van der Waals surface area contributed by atoms with E-state index in [-0.39, 0.29) is 11.9 Å². The summed E-state index contributed by atoms with van der Waals surface area (Å²) in [6, 6.07) is 12.5. The van der Waals surface area contributed by atoms with Crippen molar-refractivity contribution in [1.29, 1.82) is 0 Å². The lowest BCUT2D eigenvalue weighted by molar-refractivity contribution is -0.128. The van der Waals surface area contributed by atoms with Crippen molar-refractivity contribution in [3.05, 3.63) is 53.1 Å². The van der Waals surface area contributed by atoms with Crippen molar-refractivity contribution in [3.8, 4) is 17.2 Å². The van der Waals surface area contributed by atoms with Crippen LogP contribution in [0.4, 0.5) is 0 Å². The van der Waals surface area contributed by atoms with Gasteiger partial charge in [-0.2, -0.15) is 0 Å². The zero-order chi connectivity index (χ0) is 19.8. The Morgan fingerprint density at radius 3 is 2.33 bits per heavy atom. The zero-order valence-electron chi connectivity index (χ0n) is 16.1. The predicted molar refractivity (Wildman–Crippen MR) is 107 cm³/mol. The Kier molecular flexibility index (Phi) is 7.80. The van der Waals surface area contributed by atoms with Gasteiger partial charge < -0.3 is 19.5 Å². The fraction of sp³-hybridized carbons (Fsp3) is 0.381. The first kappa shape index (κ1) is 20.9. The van der Waals surface area contributed by atoms with Gasteiger partial charge in [-0.15, -0.1) is 0 Å². The summed E-state index contributed by atoms with van der Waals surface area (Å²) in [5, 5.41) is 3.60. The number of nitrogens with one attached hydrogen (secondary N) is 1. The molecule has 5 nitrogen and oxygen atoms in total. The van der Waals surface area contributed by atoms with E-state index in [9.17, 15) is 4.79 Å². The quantitative estimate of drug-likeness (QED) is 0.688. The van der Waals surface area contributed by atoms with Crippen molar-refractivity contribution in [3.63, 3.8) is 0 Å². The van der Waals surface area contributed by atoms with Crippen LogP contribution in [0.2, 0.25) is 5.02 Å². The molecule has 0 saturated heterocycles. The fourth-order valence-electron chi connectivity index (χ4n) is 2.45. The number of methoxy groups -OCH3 is 1. The van der Waals surface area contributed by atoms with E-state index in [2.05, 4.69) is 5.32 Å². The molecule has 0 saturated carbocycles. The van der Waals surface area contributed by atoms with Crippen molar-refractivity contribution in [2.45, 2.75) is 39.3 Å². The molecule has 2 atom stereocenters. The molecule has 2 rings (SSSR count). The lowest BCUT2D eigenvalue weighted by Gasteiger charge is -2.21. The second-order valence-corrected chi connectivity index (χ2v) is 6.73. The number of halogens is 1. The number of amides is 1. The van der Waals surface area contributed by atoms with E-state index >= 15 is 0 Å². The van der Waals surface area contributed by atoms with E-state index in [1.165, 1.54) is 0 Å². The number of hydrogen-bond donors (Lipinski definition) is 1. The summed E-state index contributed by atoms with van der Waals surface area (Å²) in [6.07, 6.45) is -0.0199. The lowest BCUT2D eigenvalue weighted by atomic mass is 10.2. The van der Waals surface area contributed by atoms with Crippen LogP contribution in [0.1, 0.15) is 25.8 Å².